The molecule has 3 aromatic rings. The van der Waals surface area contributed by atoms with E-state index in [-0.39, 0.29) is 16.5 Å². The van der Waals surface area contributed by atoms with Gasteiger partial charge >= 0.3 is 0 Å². The first kappa shape index (κ1) is 11.8. The van der Waals surface area contributed by atoms with Gasteiger partial charge in [0.15, 0.2) is 0 Å². The Morgan fingerprint density at radius 3 is 2.63 bits per heavy atom. The van der Waals surface area contributed by atoms with Crippen LogP contribution in [0.2, 0.25) is 0 Å². The molecule has 6 nitrogen and oxygen atoms in total. The number of hydrogen-bond acceptors (Lipinski definition) is 6. The van der Waals surface area contributed by atoms with E-state index in [1.165, 1.54) is 27.6 Å². The summed E-state index contributed by atoms with van der Waals surface area (Å²) < 4.78 is 1.49. The molecule has 0 radical (unpaired) electrons. The van der Waals surface area contributed by atoms with Crippen molar-refractivity contribution in [3.8, 4) is 5.69 Å². The molecule has 0 aliphatic carbocycles. The average Bonchev–Trinajstić information content (AvgIpc) is 2.77. The maximum atomic E-state index is 12.2. The van der Waals surface area contributed by atoms with E-state index in [4.69, 9.17) is 5.21 Å². The van der Waals surface area contributed by atoms with Gasteiger partial charge in [-0.2, -0.15) is 0 Å². The van der Waals surface area contributed by atoms with Crippen LogP contribution in [0.4, 0.5) is 5.69 Å². The highest BCUT2D eigenvalue weighted by Crippen LogP contribution is 2.20. The molecule has 19 heavy (non-hydrogen) atoms. The fourth-order valence-corrected chi connectivity index (χ4v) is 2.69. The molecule has 0 saturated carbocycles. The summed E-state index contributed by atoms with van der Waals surface area (Å²) in [5.74, 6) is 0. The smallest absolute Gasteiger partial charge is 0.274 e. The molecule has 96 valence electrons. The summed E-state index contributed by atoms with van der Waals surface area (Å²) in [6, 6.07) is 9.49. The molecule has 0 aliphatic heterocycles. The molecular weight excluding hydrogens is 266 g/mol. The van der Waals surface area contributed by atoms with E-state index in [2.05, 4.69) is 4.98 Å². The second-order valence-electron chi connectivity index (χ2n) is 3.84. The fourth-order valence-electron chi connectivity index (χ4n) is 1.75. The summed E-state index contributed by atoms with van der Waals surface area (Å²) in [5.41, 5.74) is 0.582. The highest BCUT2D eigenvalue weighted by atomic mass is 32.1. The maximum absolute atomic E-state index is 12.2. The molecule has 0 aliphatic rings. The SMILES string of the molecule is O=c1c2cccnc2sn1-c1ccc(N([O-])O)cc1. The number of hydrogen-bond donors (Lipinski definition) is 1. The van der Waals surface area contributed by atoms with Gasteiger partial charge < -0.3 is 10.4 Å². The third-order valence-electron chi connectivity index (χ3n) is 2.67. The minimum Gasteiger partial charge on any atom is -0.733 e. The Hall–Kier alpha value is -2.22. The summed E-state index contributed by atoms with van der Waals surface area (Å²) in [6.45, 7) is 0. The van der Waals surface area contributed by atoms with Crippen LogP contribution in [-0.4, -0.2) is 14.1 Å². The molecule has 0 spiro atoms. The van der Waals surface area contributed by atoms with Crippen molar-refractivity contribution >= 4 is 27.4 Å². The highest BCUT2D eigenvalue weighted by molar-refractivity contribution is 7.13. The van der Waals surface area contributed by atoms with Gasteiger partial charge in [0.2, 0.25) is 0 Å². The van der Waals surface area contributed by atoms with Crippen LogP contribution < -0.4 is 10.8 Å². The first-order valence-electron chi connectivity index (χ1n) is 5.40. The number of benzene rings is 1. The van der Waals surface area contributed by atoms with Gasteiger partial charge in [0, 0.05) is 6.20 Å². The Balaban J connectivity index is 2.14. The second-order valence-corrected chi connectivity index (χ2v) is 4.77. The predicted octanol–water partition coefficient (Wildman–Crippen LogP) is 2.14. The molecule has 7 heteroatoms. The van der Waals surface area contributed by atoms with Crippen LogP contribution in [0.3, 0.4) is 0 Å². The van der Waals surface area contributed by atoms with E-state index in [0.717, 1.165) is 0 Å². The molecule has 0 unspecified atom stereocenters. The van der Waals surface area contributed by atoms with Crippen LogP contribution in [0, 0.1) is 5.21 Å². The predicted molar refractivity (Wildman–Crippen MR) is 72.8 cm³/mol. The van der Waals surface area contributed by atoms with Crippen molar-refractivity contribution in [2.24, 2.45) is 0 Å². The van der Waals surface area contributed by atoms with Crippen LogP contribution in [0.15, 0.2) is 47.4 Å². The maximum Gasteiger partial charge on any atom is 0.274 e. The van der Waals surface area contributed by atoms with Crippen molar-refractivity contribution in [2.75, 3.05) is 5.23 Å². The number of anilines is 1. The molecule has 3 rings (SSSR count). The lowest BCUT2D eigenvalue weighted by Crippen LogP contribution is -2.11. The summed E-state index contributed by atoms with van der Waals surface area (Å²) in [6.07, 6.45) is 1.63. The Morgan fingerprint density at radius 2 is 2.00 bits per heavy atom. The van der Waals surface area contributed by atoms with Gasteiger partial charge in [-0.25, -0.2) is 8.94 Å². The Morgan fingerprint density at radius 1 is 1.26 bits per heavy atom. The third-order valence-corrected chi connectivity index (χ3v) is 3.73. The number of aromatic nitrogens is 2. The molecule has 0 amide bonds. The van der Waals surface area contributed by atoms with Gasteiger partial charge in [-0.15, -0.1) is 0 Å². The molecule has 0 saturated heterocycles. The normalized spacial score (nSPS) is 10.8. The lowest BCUT2D eigenvalue weighted by atomic mass is 10.3. The number of fused-ring (bicyclic) bond motifs is 1. The standard InChI is InChI=1S/C12H8N3O3S/c16-12-10-2-1-7-13-11(10)19-14(12)8-3-5-9(6-4-8)15(17)18/h1-7,17H/q-1. The summed E-state index contributed by atoms with van der Waals surface area (Å²) >= 11 is 1.23. The van der Waals surface area contributed by atoms with E-state index in [1.807, 2.05) is 0 Å². The molecule has 1 aromatic carbocycles. The zero-order chi connectivity index (χ0) is 13.4. The monoisotopic (exact) mass is 274 g/mol. The van der Waals surface area contributed by atoms with Crippen LogP contribution in [0.1, 0.15) is 0 Å². The van der Waals surface area contributed by atoms with Gasteiger partial charge in [0.05, 0.1) is 16.8 Å². The molecular formula is C12H8N3O3S-. The van der Waals surface area contributed by atoms with Gasteiger partial charge in [0.1, 0.15) is 4.83 Å². The third kappa shape index (κ3) is 1.99. The molecule has 0 fully saturated rings. The lowest BCUT2D eigenvalue weighted by Gasteiger charge is -2.21. The van der Waals surface area contributed by atoms with Crippen LogP contribution in [-0.2, 0) is 0 Å². The van der Waals surface area contributed by atoms with E-state index in [9.17, 15) is 10.0 Å². The van der Waals surface area contributed by atoms with E-state index in [1.54, 1.807) is 30.5 Å². The molecule has 0 bridgehead atoms. The van der Waals surface area contributed by atoms with Crippen molar-refractivity contribution in [1.29, 1.82) is 0 Å². The lowest BCUT2D eigenvalue weighted by molar-refractivity contribution is 0.296. The average molecular weight is 274 g/mol. The Bertz CT molecular complexity index is 777. The first-order valence-corrected chi connectivity index (χ1v) is 6.18. The highest BCUT2D eigenvalue weighted by Gasteiger charge is 2.09. The van der Waals surface area contributed by atoms with Gasteiger partial charge in [-0.05, 0) is 47.9 Å². The van der Waals surface area contributed by atoms with Crippen molar-refractivity contribution in [2.45, 2.75) is 0 Å². The molecule has 2 aromatic heterocycles. The van der Waals surface area contributed by atoms with Crippen molar-refractivity contribution in [1.82, 2.24) is 8.94 Å². The molecule has 0 atom stereocenters. The zero-order valence-electron chi connectivity index (χ0n) is 9.56. The van der Waals surface area contributed by atoms with Gasteiger partial charge in [-0.1, -0.05) is 0 Å². The minimum atomic E-state index is -0.223. The quantitative estimate of drug-likeness (QED) is 0.724. The van der Waals surface area contributed by atoms with Crippen molar-refractivity contribution < 1.29 is 5.21 Å². The first-order chi connectivity index (χ1) is 9.16. The minimum absolute atomic E-state index is 0.107. The van der Waals surface area contributed by atoms with Gasteiger partial charge in [0.25, 0.3) is 5.56 Å². The van der Waals surface area contributed by atoms with Crippen LogP contribution >= 0.6 is 11.5 Å². The van der Waals surface area contributed by atoms with Gasteiger partial charge in [-0.3, -0.25) is 10.0 Å². The Kier molecular flexibility index (Phi) is 2.79. The van der Waals surface area contributed by atoms with E-state index in [0.29, 0.717) is 15.9 Å². The van der Waals surface area contributed by atoms with Crippen LogP contribution in [0.5, 0.6) is 0 Å². The Labute approximate surface area is 111 Å². The van der Waals surface area contributed by atoms with Crippen molar-refractivity contribution in [3.63, 3.8) is 0 Å². The zero-order valence-corrected chi connectivity index (χ0v) is 10.4. The van der Waals surface area contributed by atoms with Crippen LogP contribution in [0.25, 0.3) is 15.9 Å². The second kappa shape index (κ2) is 4.47. The number of nitrogens with zero attached hydrogens (tertiary/aromatic N) is 3. The largest absolute Gasteiger partial charge is 0.733 e. The molecule has 1 N–H and O–H groups in total. The number of rotatable bonds is 2. The number of pyridine rings is 1. The summed E-state index contributed by atoms with van der Waals surface area (Å²) in [5, 5.41) is 19.8. The van der Waals surface area contributed by atoms with E-state index < -0.39 is 0 Å². The topological polar surface area (TPSA) is 81.4 Å². The summed E-state index contributed by atoms with van der Waals surface area (Å²) in [7, 11) is 0. The van der Waals surface area contributed by atoms with Crippen molar-refractivity contribution in [3.05, 3.63) is 58.2 Å². The summed E-state index contributed by atoms with van der Waals surface area (Å²) in [4.78, 5) is 16.9. The fraction of sp³-hybridized carbons (Fsp3) is 0. The molecule has 2 heterocycles. The van der Waals surface area contributed by atoms with E-state index >= 15 is 0 Å².